The molecule has 0 aromatic heterocycles. The van der Waals surface area contributed by atoms with Crippen molar-refractivity contribution in [1.29, 1.82) is 0 Å². The SMILES string of the molecule is CC(=O)N(O)c1cccc(Cl)c1. The van der Waals surface area contributed by atoms with E-state index in [0.29, 0.717) is 15.8 Å². The van der Waals surface area contributed by atoms with E-state index in [1.54, 1.807) is 18.2 Å². The Morgan fingerprint density at radius 3 is 2.75 bits per heavy atom. The van der Waals surface area contributed by atoms with E-state index in [1.165, 1.54) is 13.0 Å². The smallest absolute Gasteiger partial charge is 0.247 e. The summed E-state index contributed by atoms with van der Waals surface area (Å²) >= 11 is 5.64. The molecule has 0 spiro atoms. The molecule has 1 aromatic carbocycles. The van der Waals surface area contributed by atoms with Gasteiger partial charge in [-0.2, -0.15) is 5.06 Å². The van der Waals surface area contributed by atoms with E-state index < -0.39 is 5.91 Å². The van der Waals surface area contributed by atoms with Crippen LogP contribution in [0.5, 0.6) is 0 Å². The van der Waals surface area contributed by atoms with Crippen LogP contribution >= 0.6 is 11.6 Å². The standard InChI is InChI=1S/C8H8ClNO2/c1-6(11)10(12)8-4-2-3-7(9)5-8/h2-5,12H,1H3. The summed E-state index contributed by atoms with van der Waals surface area (Å²) in [7, 11) is 0. The van der Waals surface area contributed by atoms with Crippen LogP contribution in [-0.2, 0) is 4.79 Å². The van der Waals surface area contributed by atoms with E-state index >= 15 is 0 Å². The highest BCUT2D eigenvalue weighted by molar-refractivity contribution is 6.30. The molecule has 64 valence electrons. The summed E-state index contributed by atoms with van der Waals surface area (Å²) in [6, 6.07) is 6.42. The van der Waals surface area contributed by atoms with Gasteiger partial charge >= 0.3 is 0 Å². The highest BCUT2D eigenvalue weighted by Crippen LogP contribution is 2.17. The summed E-state index contributed by atoms with van der Waals surface area (Å²) in [6.07, 6.45) is 0. The number of halogens is 1. The van der Waals surface area contributed by atoms with Crippen LogP contribution in [0.15, 0.2) is 24.3 Å². The molecule has 0 aliphatic rings. The molecule has 1 N–H and O–H groups in total. The Labute approximate surface area is 75.1 Å². The summed E-state index contributed by atoms with van der Waals surface area (Å²) in [5, 5.41) is 10.2. The van der Waals surface area contributed by atoms with Crippen molar-refractivity contribution in [1.82, 2.24) is 0 Å². The molecule has 0 fully saturated rings. The summed E-state index contributed by atoms with van der Waals surface area (Å²) in [5.41, 5.74) is 0.370. The van der Waals surface area contributed by atoms with E-state index in [9.17, 15) is 4.79 Å². The molecule has 0 unspecified atom stereocenters. The van der Waals surface area contributed by atoms with Gasteiger partial charge in [-0.1, -0.05) is 17.7 Å². The number of nitrogens with zero attached hydrogens (tertiary/aromatic N) is 1. The van der Waals surface area contributed by atoms with Gasteiger partial charge < -0.3 is 0 Å². The molecule has 1 rings (SSSR count). The maximum atomic E-state index is 10.7. The largest absolute Gasteiger partial charge is 0.281 e. The molecule has 0 saturated heterocycles. The Kier molecular flexibility index (Phi) is 2.68. The van der Waals surface area contributed by atoms with Crippen molar-refractivity contribution in [2.75, 3.05) is 5.06 Å². The van der Waals surface area contributed by atoms with E-state index in [2.05, 4.69) is 0 Å². The molecule has 0 bridgehead atoms. The third-order valence-corrected chi connectivity index (χ3v) is 1.59. The van der Waals surface area contributed by atoms with Gasteiger partial charge in [-0.3, -0.25) is 10.0 Å². The van der Waals surface area contributed by atoms with Crippen LogP contribution < -0.4 is 5.06 Å². The quantitative estimate of drug-likeness (QED) is 0.538. The van der Waals surface area contributed by atoms with Crippen LogP contribution in [0.3, 0.4) is 0 Å². The summed E-state index contributed by atoms with van der Waals surface area (Å²) in [5.74, 6) is -0.447. The van der Waals surface area contributed by atoms with Crippen molar-refractivity contribution in [2.24, 2.45) is 0 Å². The lowest BCUT2D eigenvalue weighted by Gasteiger charge is -2.11. The molecular weight excluding hydrogens is 178 g/mol. The monoisotopic (exact) mass is 185 g/mol. The zero-order valence-electron chi connectivity index (χ0n) is 6.49. The molecule has 0 radical (unpaired) electrons. The zero-order valence-corrected chi connectivity index (χ0v) is 7.25. The number of carbonyl (C=O) groups is 1. The van der Waals surface area contributed by atoms with E-state index in [4.69, 9.17) is 16.8 Å². The minimum absolute atomic E-state index is 0.370. The number of carbonyl (C=O) groups excluding carboxylic acids is 1. The second-order valence-corrected chi connectivity index (χ2v) is 2.75. The topological polar surface area (TPSA) is 40.5 Å². The first-order valence-corrected chi connectivity index (χ1v) is 3.74. The van der Waals surface area contributed by atoms with Crippen LogP contribution in [0.2, 0.25) is 5.02 Å². The molecule has 12 heavy (non-hydrogen) atoms. The second kappa shape index (κ2) is 3.56. The van der Waals surface area contributed by atoms with Gasteiger partial charge in [0.05, 0.1) is 5.69 Å². The number of hydrogen-bond donors (Lipinski definition) is 1. The number of rotatable bonds is 1. The van der Waals surface area contributed by atoms with Crippen LogP contribution in [0.25, 0.3) is 0 Å². The van der Waals surface area contributed by atoms with Crippen molar-refractivity contribution in [2.45, 2.75) is 6.92 Å². The van der Waals surface area contributed by atoms with E-state index in [1.807, 2.05) is 0 Å². The van der Waals surface area contributed by atoms with Crippen LogP contribution in [0.4, 0.5) is 5.69 Å². The molecule has 0 atom stereocenters. The third kappa shape index (κ3) is 1.96. The fourth-order valence-electron chi connectivity index (χ4n) is 0.790. The van der Waals surface area contributed by atoms with Gasteiger partial charge in [-0.25, -0.2) is 0 Å². The number of amides is 1. The predicted molar refractivity (Wildman–Crippen MR) is 46.4 cm³/mol. The van der Waals surface area contributed by atoms with Gasteiger partial charge in [-0.15, -0.1) is 0 Å². The molecule has 3 nitrogen and oxygen atoms in total. The fourth-order valence-corrected chi connectivity index (χ4v) is 0.974. The molecule has 0 saturated carbocycles. The van der Waals surface area contributed by atoms with Gasteiger partial charge in [-0.05, 0) is 18.2 Å². The molecule has 4 heteroatoms. The van der Waals surface area contributed by atoms with Crippen molar-refractivity contribution in [3.63, 3.8) is 0 Å². The normalized spacial score (nSPS) is 9.58. The maximum absolute atomic E-state index is 10.7. The predicted octanol–water partition coefficient (Wildman–Crippen LogP) is 2.08. The van der Waals surface area contributed by atoms with Crippen LogP contribution in [-0.4, -0.2) is 11.1 Å². The maximum Gasteiger partial charge on any atom is 0.247 e. The number of benzene rings is 1. The minimum atomic E-state index is -0.447. The zero-order chi connectivity index (χ0) is 9.14. The summed E-state index contributed by atoms with van der Waals surface area (Å²) < 4.78 is 0. The van der Waals surface area contributed by atoms with Crippen LogP contribution in [0.1, 0.15) is 6.92 Å². The average molecular weight is 186 g/mol. The molecule has 0 aliphatic carbocycles. The van der Waals surface area contributed by atoms with Gasteiger partial charge in [0.25, 0.3) is 0 Å². The van der Waals surface area contributed by atoms with Gasteiger partial charge in [0.1, 0.15) is 0 Å². The van der Waals surface area contributed by atoms with Crippen molar-refractivity contribution < 1.29 is 10.0 Å². The Morgan fingerprint density at radius 2 is 2.25 bits per heavy atom. The molecule has 0 heterocycles. The number of hydrogen-bond acceptors (Lipinski definition) is 2. The lowest BCUT2D eigenvalue weighted by atomic mass is 10.3. The highest BCUT2D eigenvalue weighted by Gasteiger charge is 2.06. The molecule has 1 amide bonds. The lowest BCUT2D eigenvalue weighted by molar-refractivity contribution is -0.121. The van der Waals surface area contributed by atoms with Crippen LogP contribution in [0, 0.1) is 0 Å². The Bertz CT molecular complexity index is 301. The first kappa shape index (κ1) is 9.03. The van der Waals surface area contributed by atoms with E-state index in [-0.39, 0.29) is 0 Å². The van der Waals surface area contributed by atoms with Crippen molar-refractivity contribution >= 4 is 23.2 Å². The molecular formula is C8H8ClNO2. The highest BCUT2D eigenvalue weighted by atomic mass is 35.5. The van der Waals surface area contributed by atoms with Crippen molar-refractivity contribution in [3.05, 3.63) is 29.3 Å². The minimum Gasteiger partial charge on any atom is -0.281 e. The lowest BCUT2D eigenvalue weighted by Crippen LogP contribution is -2.23. The van der Waals surface area contributed by atoms with Gasteiger partial charge in [0.15, 0.2) is 0 Å². The third-order valence-electron chi connectivity index (χ3n) is 1.35. The molecule has 0 aliphatic heterocycles. The Morgan fingerprint density at radius 1 is 1.58 bits per heavy atom. The fraction of sp³-hybridized carbons (Fsp3) is 0.125. The van der Waals surface area contributed by atoms with Gasteiger partial charge in [0, 0.05) is 11.9 Å². The summed E-state index contributed by atoms with van der Waals surface area (Å²) in [4.78, 5) is 10.7. The van der Waals surface area contributed by atoms with Crippen molar-refractivity contribution in [3.8, 4) is 0 Å². The second-order valence-electron chi connectivity index (χ2n) is 2.31. The Balaban J connectivity index is 2.95. The Hall–Kier alpha value is -1.06. The first-order valence-electron chi connectivity index (χ1n) is 3.36. The van der Waals surface area contributed by atoms with Gasteiger partial charge in [0.2, 0.25) is 5.91 Å². The van der Waals surface area contributed by atoms with E-state index in [0.717, 1.165) is 0 Å². The first-order chi connectivity index (χ1) is 5.61. The number of hydroxylamine groups is 1. The number of anilines is 1. The molecule has 1 aromatic rings. The average Bonchev–Trinajstić information content (AvgIpc) is 2.03. The summed E-state index contributed by atoms with van der Waals surface area (Å²) in [6.45, 7) is 1.26.